The monoisotopic (exact) mass is 238 g/mol. The number of rotatable bonds is 4. The summed E-state index contributed by atoms with van der Waals surface area (Å²) in [4.78, 5) is 0. The third-order valence-electron chi connectivity index (χ3n) is 3.48. The third-order valence-corrected chi connectivity index (χ3v) is 4.21. The van der Waals surface area contributed by atoms with Crippen LogP contribution in [0.15, 0.2) is 16.8 Å². The standard InChI is InChI=1S/C13H22N2S/c1-11-4-3-5-12(2)15(11)14-8-6-13-7-9-16-10-13/h7,9-12,14H,3-6,8H2,1-2H3. The molecule has 1 fully saturated rings. The Balaban J connectivity index is 1.75. The van der Waals surface area contributed by atoms with E-state index in [9.17, 15) is 0 Å². The maximum atomic E-state index is 3.60. The molecule has 1 aromatic rings. The molecule has 0 saturated carbocycles. The Morgan fingerprint density at radius 2 is 2.12 bits per heavy atom. The van der Waals surface area contributed by atoms with Crippen LogP contribution in [0.4, 0.5) is 0 Å². The molecule has 2 rings (SSSR count). The number of hydrogen-bond acceptors (Lipinski definition) is 3. The second-order valence-corrected chi connectivity index (χ2v) is 5.61. The molecule has 2 nitrogen and oxygen atoms in total. The topological polar surface area (TPSA) is 15.3 Å². The van der Waals surface area contributed by atoms with E-state index in [1.807, 2.05) is 0 Å². The number of thiophene rings is 1. The van der Waals surface area contributed by atoms with Gasteiger partial charge in [-0.2, -0.15) is 11.3 Å². The molecule has 3 heteroatoms. The van der Waals surface area contributed by atoms with E-state index >= 15 is 0 Å². The van der Waals surface area contributed by atoms with E-state index in [4.69, 9.17) is 0 Å². The Morgan fingerprint density at radius 1 is 1.38 bits per heavy atom. The summed E-state index contributed by atoms with van der Waals surface area (Å²) in [5.41, 5.74) is 5.05. The number of nitrogens with one attached hydrogen (secondary N) is 1. The molecule has 90 valence electrons. The van der Waals surface area contributed by atoms with E-state index in [1.54, 1.807) is 11.3 Å². The van der Waals surface area contributed by atoms with Gasteiger partial charge in [0.05, 0.1) is 0 Å². The zero-order valence-corrected chi connectivity index (χ0v) is 11.1. The fraction of sp³-hybridized carbons (Fsp3) is 0.692. The van der Waals surface area contributed by atoms with Crippen molar-refractivity contribution >= 4 is 11.3 Å². The largest absolute Gasteiger partial charge is 0.254 e. The maximum absolute atomic E-state index is 3.60. The molecule has 0 aliphatic carbocycles. The van der Waals surface area contributed by atoms with Crippen LogP contribution in [0.5, 0.6) is 0 Å². The fourth-order valence-electron chi connectivity index (χ4n) is 2.50. The minimum atomic E-state index is 0.686. The Hall–Kier alpha value is -0.380. The third kappa shape index (κ3) is 3.06. The van der Waals surface area contributed by atoms with E-state index in [-0.39, 0.29) is 0 Å². The SMILES string of the molecule is CC1CCCC(C)N1NCCc1ccsc1. The van der Waals surface area contributed by atoms with Crippen LogP contribution in [0, 0.1) is 0 Å². The van der Waals surface area contributed by atoms with Crippen molar-refractivity contribution in [3.8, 4) is 0 Å². The Kier molecular flexibility index (Phi) is 4.38. The van der Waals surface area contributed by atoms with Crippen LogP contribution in [0.3, 0.4) is 0 Å². The summed E-state index contributed by atoms with van der Waals surface area (Å²) in [6.45, 7) is 5.71. The first-order valence-electron chi connectivity index (χ1n) is 6.30. The first-order chi connectivity index (χ1) is 7.77. The van der Waals surface area contributed by atoms with Gasteiger partial charge in [0.15, 0.2) is 0 Å². The molecular formula is C13H22N2S. The highest BCUT2D eigenvalue weighted by Gasteiger charge is 2.23. The quantitative estimate of drug-likeness (QED) is 0.867. The van der Waals surface area contributed by atoms with Crippen LogP contribution in [-0.4, -0.2) is 23.6 Å². The van der Waals surface area contributed by atoms with Crippen LogP contribution in [0.2, 0.25) is 0 Å². The average Bonchev–Trinajstić information content (AvgIpc) is 2.75. The van der Waals surface area contributed by atoms with E-state index < -0.39 is 0 Å². The summed E-state index contributed by atoms with van der Waals surface area (Å²) in [6, 6.07) is 3.59. The zero-order chi connectivity index (χ0) is 11.4. The Morgan fingerprint density at radius 3 is 2.75 bits per heavy atom. The van der Waals surface area contributed by atoms with Crippen molar-refractivity contribution in [1.29, 1.82) is 0 Å². The highest BCUT2D eigenvalue weighted by molar-refractivity contribution is 7.07. The van der Waals surface area contributed by atoms with Crippen molar-refractivity contribution in [2.45, 2.75) is 51.6 Å². The minimum absolute atomic E-state index is 0.686. The predicted octanol–water partition coefficient (Wildman–Crippen LogP) is 3.06. The van der Waals surface area contributed by atoms with E-state index in [0.717, 1.165) is 13.0 Å². The first kappa shape index (κ1) is 12.1. The Labute approximate surface area is 103 Å². The summed E-state index contributed by atoms with van der Waals surface area (Å²) in [5.74, 6) is 0. The normalized spacial score (nSPS) is 27.1. The molecule has 0 bridgehead atoms. The average molecular weight is 238 g/mol. The van der Waals surface area contributed by atoms with Gasteiger partial charge in [-0.3, -0.25) is 5.43 Å². The molecule has 2 heterocycles. The van der Waals surface area contributed by atoms with Crippen LogP contribution < -0.4 is 5.43 Å². The molecular weight excluding hydrogens is 216 g/mol. The number of hydrogen-bond donors (Lipinski definition) is 1. The minimum Gasteiger partial charge on any atom is -0.254 e. The first-order valence-corrected chi connectivity index (χ1v) is 7.24. The van der Waals surface area contributed by atoms with Crippen molar-refractivity contribution in [1.82, 2.24) is 10.4 Å². The van der Waals surface area contributed by atoms with Crippen molar-refractivity contribution in [3.05, 3.63) is 22.4 Å². The maximum Gasteiger partial charge on any atom is 0.0218 e. The number of hydrazine groups is 1. The van der Waals surface area contributed by atoms with Gasteiger partial charge < -0.3 is 0 Å². The van der Waals surface area contributed by atoms with Gasteiger partial charge in [-0.15, -0.1) is 0 Å². The van der Waals surface area contributed by atoms with Crippen LogP contribution in [-0.2, 0) is 6.42 Å². The summed E-state index contributed by atoms with van der Waals surface area (Å²) >= 11 is 1.79. The lowest BCUT2D eigenvalue weighted by atomic mass is 10.00. The van der Waals surface area contributed by atoms with Crippen LogP contribution >= 0.6 is 11.3 Å². The fourth-order valence-corrected chi connectivity index (χ4v) is 3.20. The highest BCUT2D eigenvalue weighted by atomic mass is 32.1. The number of nitrogens with zero attached hydrogens (tertiary/aromatic N) is 1. The lowest BCUT2D eigenvalue weighted by molar-refractivity contribution is 0.0471. The second kappa shape index (κ2) is 5.80. The molecule has 16 heavy (non-hydrogen) atoms. The van der Waals surface area contributed by atoms with Gasteiger partial charge >= 0.3 is 0 Å². The highest BCUT2D eigenvalue weighted by Crippen LogP contribution is 2.20. The molecule has 0 radical (unpaired) electrons. The van der Waals surface area contributed by atoms with E-state index in [1.165, 1.54) is 24.8 Å². The smallest absolute Gasteiger partial charge is 0.0218 e. The van der Waals surface area contributed by atoms with Crippen LogP contribution in [0.25, 0.3) is 0 Å². The van der Waals surface area contributed by atoms with Gasteiger partial charge in [0.25, 0.3) is 0 Å². The van der Waals surface area contributed by atoms with Gasteiger partial charge in [-0.1, -0.05) is 6.42 Å². The molecule has 0 spiro atoms. The van der Waals surface area contributed by atoms with Gasteiger partial charge in [-0.25, -0.2) is 5.01 Å². The van der Waals surface area contributed by atoms with E-state index in [2.05, 4.69) is 41.1 Å². The summed E-state index contributed by atoms with van der Waals surface area (Å²) in [5, 5.41) is 6.85. The molecule has 2 atom stereocenters. The van der Waals surface area contributed by atoms with Gasteiger partial charge in [0.2, 0.25) is 0 Å². The second-order valence-electron chi connectivity index (χ2n) is 4.83. The van der Waals surface area contributed by atoms with Crippen molar-refractivity contribution < 1.29 is 0 Å². The van der Waals surface area contributed by atoms with Crippen molar-refractivity contribution in [2.24, 2.45) is 0 Å². The van der Waals surface area contributed by atoms with Crippen molar-refractivity contribution in [3.63, 3.8) is 0 Å². The van der Waals surface area contributed by atoms with Gasteiger partial charge in [-0.05, 0) is 55.5 Å². The van der Waals surface area contributed by atoms with Gasteiger partial charge in [0, 0.05) is 18.6 Å². The molecule has 0 aromatic carbocycles. The molecule has 1 aromatic heterocycles. The molecule has 0 amide bonds. The summed E-state index contributed by atoms with van der Waals surface area (Å²) in [6.07, 6.45) is 5.18. The Bertz CT molecular complexity index is 287. The zero-order valence-electron chi connectivity index (χ0n) is 10.3. The van der Waals surface area contributed by atoms with E-state index in [0.29, 0.717) is 12.1 Å². The molecule has 2 unspecified atom stereocenters. The van der Waals surface area contributed by atoms with Crippen molar-refractivity contribution in [2.75, 3.05) is 6.54 Å². The predicted molar refractivity (Wildman–Crippen MR) is 70.6 cm³/mol. The van der Waals surface area contributed by atoms with Crippen LogP contribution in [0.1, 0.15) is 38.7 Å². The lowest BCUT2D eigenvalue weighted by Gasteiger charge is -2.39. The molecule has 1 N–H and O–H groups in total. The summed E-state index contributed by atoms with van der Waals surface area (Å²) < 4.78 is 0. The molecule has 1 aliphatic rings. The van der Waals surface area contributed by atoms with Gasteiger partial charge in [0.1, 0.15) is 0 Å². The molecule has 1 saturated heterocycles. The summed E-state index contributed by atoms with van der Waals surface area (Å²) in [7, 11) is 0. The lowest BCUT2D eigenvalue weighted by Crippen LogP contribution is -2.52. The number of piperidine rings is 1. The molecule has 1 aliphatic heterocycles.